The number of rotatable bonds is 2. The van der Waals surface area contributed by atoms with Crippen molar-refractivity contribution in [1.29, 1.82) is 0 Å². The number of aryl methyl sites for hydroxylation is 1. The summed E-state index contributed by atoms with van der Waals surface area (Å²) in [6.45, 7) is 0. The highest BCUT2D eigenvalue weighted by atomic mass is 79.9. The Morgan fingerprint density at radius 1 is 1.17 bits per heavy atom. The second-order valence-corrected chi connectivity index (χ2v) is 8.34. The highest BCUT2D eigenvalue weighted by Crippen LogP contribution is 2.42. The van der Waals surface area contributed by atoms with Crippen LogP contribution >= 0.6 is 43.2 Å². The minimum atomic E-state index is 0.503. The molecule has 0 N–H and O–H groups in total. The summed E-state index contributed by atoms with van der Waals surface area (Å²) in [6, 6.07) is 13.2. The van der Waals surface area contributed by atoms with Crippen LogP contribution < -0.4 is 0 Å². The minimum Gasteiger partial charge on any atom is -0.133 e. The topological polar surface area (TPSA) is 0 Å². The zero-order valence-electron chi connectivity index (χ0n) is 9.90. The van der Waals surface area contributed by atoms with Crippen LogP contribution in [-0.2, 0) is 12.8 Å². The van der Waals surface area contributed by atoms with Gasteiger partial charge in [0.15, 0.2) is 0 Å². The first-order valence-corrected chi connectivity index (χ1v) is 8.72. The van der Waals surface area contributed by atoms with Gasteiger partial charge in [0.1, 0.15) is 0 Å². The minimum absolute atomic E-state index is 0.503. The molecule has 1 aromatic heterocycles. The second kappa shape index (κ2) is 5.48. The zero-order valence-corrected chi connectivity index (χ0v) is 13.9. The quantitative estimate of drug-likeness (QED) is 0.577. The Morgan fingerprint density at radius 3 is 2.78 bits per heavy atom. The van der Waals surface area contributed by atoms with Gasteiger partial charge in [-0.3, -0.25) is 0 Å². The fourth-order valence-electron chi connectivity index (χ4n) is 2.70. The van der Waals surface area contributed by atoms with Gasteiger partial charge in [-0.15, -0.1) is 11.3 Å². The molecule has 1 heterocycles. The highest BCUT2D eigenvalue weighted by Gasteiger charge is 2.27. The van der Waals surface area contributed by atoms with Crippen LogP contribution in [0, 0.1) is 5.92 Å². The van der Waals surface area contributed by atoms with E-state index in [2.05, 4.69) is 68.3 Å². The Balaban J connectivity index is 1.80. The highest BCUT2D eigenvalue weighted by molar-refractivity contribution is 9.11. The standard InChI is InChI=1S/C15H14Br2S/c16-14-8-7-12(18-14)9-11-6-5-10-3-1-2-4-13(10)15(11)17/h1-4,7-8,11,15H,5-6,9H2. The van der Waals surface area contributed by atoms with Crippen molar-refractivity contribution in [2.45, 2.75) is 24.1 Å². The normalized spacial score (nSPS) is 22.8. The van der Waals surface area contributed by atoms with Gasteiger partial charge in [0.25, 0.3) is 0 Å². The molecule has 1 aliphatic carbocycles. The molecule has 0 amide bonds. The number of hydrogen-bond donors (Lipinski definition) is 0. The summed E-state index contributed by atoms with van der Waals surface area (Å²) >= 11 is 9.32. The molecule has 94 valence electrons. The van der Waals surface area contributed by atoms with E-state index in [0.29, 0.717) is 10.7 Å². The molecule has 3 heteroatoms. The van der Waals surface area contributed by atoms with Crippen LogP contribution in [0.2, 0.25) is 0 Å². The average molecular weight is 386 g/mol. The lowest BCUT2D eigenvalue weighted by molar-refractivity contribution is 0.455. The Labute approximate surface area is 129 Å². The maximum absolute atomic E-state index is 3.91. The van der Waals surface area contributed by atoms with Crippen molar-refractivity contribution in [3.05, 3.63) is 56.2 Å². The lowest BCUT2D eigenvalue weighted by Gasteiger charge is -2.29. The van der Waals surface area contributed by atoms with E-state index < -0.39 is 0 Å². The first-order chi connectivity index (χ1) is 8.74. The van der Waals surface area contributed by atoms with Crippen molar-refractivity contribution in [3.63, 3.8) is 0 Å². The molecule has 2 unspecified atom stereocenters. The number of halogens is 2. The van der Waals surface area contributed by atoms with Gasteiger partial charge in [-0.25, -0.2) is 0 Å². The van der Waals surface area contributed by atoms with Gasteiger partial charge in [0.2, 0.25) is 0 Å². The fourth-order valence-corrected chi connectivity index (χ4v) is 5.17. The van der Waals surface area contributed by atoms with Crippen LogP contribution in [0.25, 0.3) is 0 Å². The molecule has 2 atom stereocenters. The van der Waals surface area contributed by atoms with Crippen molar-refractivity contribution in [1.82, 2.24) is 0 Å². The average Bonchev–Trinajstić information content (AvgIpc) is 2.79. The lowest BCUT2D eigenvalue weighted by Crippen LogP contribution is -2.18. The predicted octanol–water partition coefficient (Wildman–Crippen LogP) is 5.75. The molecule has 18 heavy (non-hydrogen) atoms. The van der Waals surface area contributed by atoms with E-state index in [0.717, 1.165) is 0 Å². The molecule has 0 saturated carbocycles. The van der Waals surface area contributed by atoms with Crippen LogP contribution in [0.1, 0.15) is 27.3 Å². The summed E-state index contributed by atoms with van der Waals surface area (Å²) in [5.41, 5.74) is 3.01. The van der Waals surface area contributed by atoms with Crippen molar-refractivity contribution in [3.8, 4) is 0 Å². The van der Waals surface area contributed by atoms with E-state index >= 15 is 0 Å². The van der Waals surface area contributed by atoms with Crippen LogP contribution in [0.5, 0.6) is 0 Å². The van der Waals surface area contributed by atoms with Gasteiger partial charge in [-0.2, -0.15) is 0 Å². The van der Waals surface area contributed by atoms with Gasteiger partial charge < -0.3 is 0 Å². The molecule has 1 aliphatic rings. The molecular formula is C15H14Br2S. The molecule has 1 aromatic carbocycles. The summed E-state index contributed by atoms with van der Waals surface area (Å²) in [5, 5.41) is 0. The van der Waals surface area contributed by atoms with Crippen LogP contribution in [0.3, 0.4) is 0 Å². The summed E-state index contributed by atoms with van der Waals surface area (Å²) in [4.78, 5) is 1.99. The van der Waals surface area contributed by atoms with Crippen LogP contribution in [-0.4, -0.2) is 0 Å². The molecule has 0 saturated heterocycles. The summed E-state index contributed by atoms with van der Waals surface area (Å²) in [5.74, 6) is 0.713. The summed E-state index contributed by atoms with van der Waals surface area (Å²) in [6.07, 6.45) is 3.68. The fraction of sp³-hybridized carbons (Fsp3) is 0.333. The molecule has 0 radical (unpaired) electrons. The number of fused-ring (bicyclic) bond motifs is 1. The molecule has 2 aromatic rings. The van der Waals surface area contributed by atoms with Gasteiger partial charge >= 0.3 is 0 Å². The van der Waals surface area contributed by atoms with E-state index in [1.165, 1.54) is 39.1 Å². The summed E-state index contributed by atoms with van der Waals surface area (Å²) in [7, 11) is 0. The first-order valence-electron chi connectivity index (χ1n) is 6.20. The molecule has 0 bridgehead atoms. The van der Waals surface area contributed by atoms with E-state index in [4.69, 9.17) is 0 Å². The molecule has 0 aliphatic heterocycles. The van der Waals surface area contributed by atoms with Gasteiger partial charge in [0, 0.05) is 9.70 Å². The third-order valence-corrected chi connectivity index (χ3v) is 6.53. The van der Waals surface area contributed by atoms with Crippen molar-refractivity contribution < 1.29 is 0 Å². The van der Waals surface area contributed by atoms with E-state index in [9.17, 15) is 0 Å². The Kier molecular flexibility index (Phi) is 3.92. The van der Waals surface area contributed by atoms with Crippen LogP contribution in [0.15, 0.2) is 40.2 Å². The largest absolute Gasteiger partial charge is 0.133 e. The molecule has 0 nitrogen and oxygen atoms in total. The predicted molar refractivity (Wildman–Crippen MR) is 85.6 cm³/mol. The third-order valence-electron chi connectivity index (χ3n) is 3.64. The monoisotopic (exact) mass is 384 g/mol. The van der Waals surface area contributed by atoms with E-state index in [1.807, 2.05) is 11.3 Å². The second-order valence-electron chi connectivity index (χ2n) is 4.81. The van der Waals surface area contributed by atoms with E-state index in [1.54, 1.807) is 0 Å². The number of benzene rings is 1. The maximum atomic E-state index is 3.91. The number of thiophene rings is 1. The Bertz CT molecular complexity index is 547. The van der Waals surface area contributed by atoms with Crippen LogP contribution in [0.4, 0.5) is 0 Å². The van der Waals surface area contributed by atoms with Crippen molar-refractivity contribution >= 4 is 43.2 Å². The smallest absolute Gasteiger partial charge is 0.0701 e. The van der Waals surface area contributed by atoms with Crippen molar-refractivity contribution in [2.24, 2.45) is 5.92 Å². The molecule has 0 fully saturated rings. The maximum Gasteiger partial charge on any atom is 0.0701 e. The van der Waals surface area contributed by atoms with Gasteiger partial charge in [-0.1, -0.05) is 40.2 Å². The molecular weight excluding hydrogens is 372 g/mol. The van der Waals surface area contributed by atoms with E-state index in [-0.39, 0.29) is 0 Å². The molecule has 3 rings (SSSR count). The van der Waals surface area contributed by atoms with Gasteiger partial charge in [0.05, 0.1) is 3.79 Å². The number of hydrogen-bond acceptors (Lipinski definition) is 1. The zero-order chi connectivity index (χ0) is 12.5. The van der Waals surface area contributed by atoms with Crippen molar-refractivity contribution in [2.75, 3.05) is 0 Å². The lowest BCUT2D eigenvalue weighted by atomic mass is 9.82. The Morgan fingerprint density at radius 2 is 2.00 bits per heavy atom. The third kappa shape index (κ3) is 2.59. The first kappa shape index (κ1) is 12.9. The number of alkyl halides is 1. The van der Waals surface area contributed by atoms with Gasteiger partial charge in [-0.05, 0) is 64.4 Å². The summed E-state index contributed by atoms with van der Waals surface area (Å²) < 4.78 is 1.24. The Hall–Kier alpha value is -0.120. The molecule has 0 spiro atoms. The SMILES string of the molecule is Brc1ccc(CC2CCc3ccccc3C2Br)s1.